The summed E-state index contributed by atoms with van der Waals surface area (Å²) in [7, 11) is 1.90. The van der Waals surface area contributed by atoms with Crippen LogP contribution in [0.15, 0.2) is 0 Å². The summed E-state index contributed by atoms with van der Waals surface area (Å²) >= 11 is 0. The van der Waals surface area contributed by atoms with Crippen molar-refractivity contribution in [2.24, 2.45) is 7.05 Å². The number of nitrogens with zero attached hydrogens (tertiary/aromatic N) is 5. The molecule has 1 N–H and O–H groups in total. The zero-order chi connectivity index (χ0) is 19.6. The fourth-order valence-corrected chi connectivity index (χ4v) is 5.33. The Morgan fingerprint density at radius 2 is 1.89 bits per heavy atom. The number of aliphatic hydroxyl groups is 1. The summed E-state index contributed by atoms with van der Waals surface area (Å²) in [5, 5.41) is 17.8. The van der Waals surface area contributed by atoms with Gasteiger partial charge >= 0.3 is 0 Å². The Morgan fingerprint density at radius 3 is 2.57 bits per heavy atom. The predicted octanol–water partition coefficient (Wildman–Crippen LogP) is 1.05. The molecule has 3 heterocycles. The number of rotatable bonds is 4. The number of carbonyl (C=O) groups excluding carboxylic acids is 1. The molecule has 1 saturated carbocycles. The molecule has 3 fully saturated rings. The van der Waals surface area contributed by atoms with Crippen LogP contribution in [0.1, 0.15) is 62.5 Å². The molecule has 1 aromatic heterocycles. The first-order valence-electron chi connectivity index (χ1n) is 10.8. The Hall–Kier alpha value is -1.51. The average Bonchev–Trinajstić information content (AvgIpc) is 3.15. The number of aromatic nitrogens is 3. The molecule has 1 amide bonds. The van der Waals surface area contributed by atoms with Crippen LogP contribution >= 0.6 is 0 Å². The number of morpholine rings is 1. The topological polar surface area (TPSA) is 83.7 Å². The second-order valence-corrected chi connectivity index (χ2v) is 8.47. The molecular formula is C20H33N5O3. The van der Waals surface area contributed by atoms with Gasteiger partial charge < -0.3 is 19.3 Å². The number of likely N-dealkylation sites (tertiary alicyclic amines) is 1. The maximum atomic E-state index is 13.9. The maximum absolute atomic E-state index is 13.9. The van der Waals surface area contributed by atoms with E-state index in [1.807, 2.05) is 11.6 Å². The second-order valence-electron chi connectivity index (χ2n) is 8.47. The Bertz CT molecular complexity index is 679. The largest absolute Gasteiger partial charge is 0.388 e. The average molecular weight is 392 g/mol. The maximum Gasteiger partial charge on any atom is 0.243 e. The van der Waals surface area contributed by atoms with Crippen molar-refractivity contribution in [3.8, 4) is 0 Å². The lowest BCUT2D eigenvalue weighted by molar-refractivity contribution is -0.152. The molecule has 4 rings (SSSR count). The van der Waals surface area contributed by atoms with Crippen LogP contribution < -0.4 is 0 Å². The van der Waals surface area contributed by atoms with Crippen LogP contribution in [0.3, 0.4) is 0 Å². The van der Waals surface area contributed by atoms with Gasteiger partial charge in [-0.05, 0) is 25.7 Å². The zero-order valence-corrected chi connectivity index (χ0v) is 17.0. The smallest absolute Gasteiger partial charge is 0.243 e. The van der Waals surface area contributed by atoms with E-state index in [9.17, 15) is 9.90 Å². The number of hydrogen-bond acceptors (Lipinski definition) is 6. The van der Waals surface area contributed by atoms with E-state index in [1.165, 1.54) is 6.42 Å². The van der Waals surface area contributed by atoms with E-state index in [0.717, 1.165) is 77.2 Å². The fourth-order valence-electron chi connectivity index (χ4n) is 5.33. The third kappa shape index (κ3) is 3.57. The van der Waals surface area contributed by atoms with Crippen molar-refractivity contribution in [3.05, 3.63) is 11.6 Å². The highest BCUT2D eigenvalue weighted by molar-refractivity contribution is 5.86. The van der Waals surface area contributed by atoms with Gasteiger partial charge in [0.2, 0.25) is 5.91 Å². The van der Waals surface area contributed by atoms with Crippen LogP contribution in [0.2, 0.25) is 0 Å². The first kappa shape index (κ1) is 19.8. The van der Waals surface area contributed by atoms with Gasteiger partial charge in [0.1, 0.15) is 18.0 Å². The third-order valence-electron chi connectivity index (χ3n) is 6.91. The third-order valence-corrected chi connectivity index (χ3v) is 6.91. The first-order valence-corrected chi connectivity index (χ1v) is 10.8. The molecule has 28 heavy (non-hydrogen) atoms. The quantitative estimate of drug-likeness (QED) is 0.826. The molecule has 0 unspecified atom stereocenters. The number of piperidine rings is 1. The highest BCUT2D eigenvalue weighted by Gasteiger charge is 2.47. The number of amides is 1. The van der Waals surface area contributed by atoms with E-state index < -0.39 is 0 Å². The van der Waals surface area contributed by atoms with E-state index in [1.54, 1.807) is 0 Å². The summed E-state index contributed by atoms with van der Waals surface area (Å²) in [4.78, 5) is 18.4. The molecular weight excluding hydrogens is 358 g/mol. The number of ether oxygens (including phenoxy) is 1. The molecule has 0 spiro atoms. The van der Waals surface area contributed by atoms with Gasteiger partial charge in [0.05, 0.1) is 13.2 Å². The normalized spacial score (nSPS) is 26.4. The molecule has 8 nitrogen and oxygen atoms in total. The molecule has 8 heteroatoms. The van der Waals surface area contributed by atoms with Gasteiger partial charge in [-0.3, -0.25) is 9.69 Å². The van der Waals surface area contributed by atoms with E-state index in [4.69, 9.17) is 4.74 Å². The van der Waals surface area contributed by atoms with Gasteiger partial charge in [-0.1, -0.05) is 19.3 Å². The predicted molar refractivity (Wildman–Crippen MR) is 104 cm³/mol. The monoisotopic (exact) mass is 391 g/mol. The Balaban J connectivity index is 1.54. The van der Waals surface area contributed by atoms with Crippen LogP contribution in [-0.2, 0) is 23.2 Å². The highest BCUT2D eigenvalue weighted by Crippen LogP contribution is 2.37. The summed E-state index contributed by atoms with van der Waals surface area (Å²) in [6.45, 7) is 4.56. The SMILES string of the molecule is Cn1c(CO)nnc1[C@H]1CCCN(C(=O)C2(N3CCOCC3)CCCCC2)C1. The van der Waals surface area contributed by atoms with Crippen molar-refractivity contribution in [2.45, 2.75) is 63.0 Å². The lowest BCUT2D eigenvalue weighted by Crippen LogP contribution is -2.63. The van der Waals surface area contributed by atoms with Crippen LogP contribution in [0.25, 0.3) is 0 Å². The molecule has 3 aliphatic rings. The van der Waals surface area contributed by atoms with Gasteiger partial charge in [0, 0.05) is 39.1 Å². The van der Waals surface area contributed by atoms with Gasteiger partial charge in [0.15, 0.2) is 5.82 Å². The first-order chi connectivity index (χ1) is 13.7. The number of aliphatic hydroxyl groups excluding tert-OH is 1. The van der Waals surface area contributed by atoms with E-state index in [0.29, 0.717) is 18.3 Å². The minimum absolute atomic E-state index is 0.112. The molecule has 1 aromatic rings. The van der Waals surface area contributed by atoms with Gasteiger partial charge in [-0.25, -0.2) is 0 Å². The summed E-state index contributed by atoms with van der Waals surface area (Å²) < 4.78 is 7.44. The summed E-state index contributed by atoms with van der Waals surface area (Å²) in [5.74, 6) is 1.95. The minimum Gasteiger partial charge on any atom is -0.388 e. The second kappa shape index (κ2) is 8.47. The highest BCUT2D eigenvalue weighted by atomic mass is 16.5. The van der Waals surface area contributed by atoms with Crippen LogP contribution in [0.4, 0.5) is 0 Å². The van der Waals surface area contributed by atoms with Gasteiger partial charge in [-0.15, -0.1) is 10.2 Å². The molecule has 2 saturated heterocycles. The van der Waals surface area contributed by atoms with Crippen LogP contribution in [0, 0.1) is 0 Å². The van der Waals surface area contributed by atoms with Crippen molar-refractivity contribution < 1.29 is 14.6 Å². The molecule has 0 bridgehead atoms. The van der Waals surface area contributed by atoms with Crippen LogP contribution in [0.5, 0.6) is 0 Å². The molecule has 1 aliphatic carbocycles. The summed E-state index contributed by atoms with van der Waals surface area (Å²) in [6.07, 6.45) is 7.40. The molecule has 0 radical (unpaired) electrons. The summed E-state index contributed by atoms with van der Waals surface area (Å²) in [5.41, 5.74) is -0.347. The molecule has 0 aromatic carbocycles. The van der Waals surface area contributed by atoms with Crippen molar-refractivity contribution >= 4 is 5.91 Å². The van der Waals surface area contributed by atoms with Gasteiger partial charge in [0.25, 0.3) is 0 Å². The number of carbonyl (C=O) groups is 1. The lowest BCUT2D eigenvalue weighted by atomic mass is 9.78. The molecule has 156 valence electrons. The van der Waals surface area contributed by atoms with Crippen molar-refractivity contribution in [3.63, 3.8) is 0 Å². The Kier molecular flexibility index (Phi) is 5.99. The number of hydrogen-bond donors (Lipinski definition) is 1. The molecule has 2 aliphatic heterocycles. The standard InChI is InChI=1S/C20H33N5O3/c1-23-17(15-26)21-22-18(23)16-6-5-9-24(14-16)19(27)20(7-3-2-4-8-20)25-10-12-28-13-11-25/h16,26H,2-15H2,1H3/t16-/m0/s1. The summed E-state index contributed by atoms with van der Waals surface area (Å²) in [6, 6.07) is 0. The van der Waals surface area contributed by atoms with E-state index in [2.05, 4.69) is 20.0 Å². The zero-order valence-electron chi connectivity index (χ0n) is 17.0. The van der Waals surface area contributed by atoms with E-state index in [-0.39, 0.29) is 18.1 Å². The Morgan fingerprint density at radius 1 is 1.14 bits per heavy atom. The lowest BCUT2D eigenvalue weighted by Gasteiger charge is -2.49. The van der Waals surface area contributed by atoms with Crippen molar-refractivity contribution in [2.75, 3.05) is 39.4 Å². The van der Waals surface area contributed by atoms with Gasteiger partial charge in [-0.2, -0.15) is 0 Å². The van der Waals surface area contributed by atoms with Crippen LogP contribution in [-0.4, -0.2) is 80.5 Å². The minimum atomic E-state index is -0.347. The van der Waals surface area contributed by atoms with Crippen molar-refractivity contribution in [1.29, 1.82) is 0 Å². The van der Waals surface area contributed by atoms with Crippen molar-refractivity contribution in [1.82, 2.24) is 24.6 Å². The van der Waals surface area contributed by atoms with E-state index >= 15 is 0 Å². The Labute approximate surface area is 166 Å². The molecule has 1 atom stereocenters. The fraction of sp³-hybridized carbons (Fsp3) is 0.850.